The molecule has 3 nitrogen and oxygen atoms in total. The molecule has 0 atom stereocenters. The van der Waals surface area contributed by atoms with Gasteiger partial charge in [0.15, 0.2) is 0 Å². The lowest BCUT2D eigenvalue weighted by atomic mass is 10.3. The minimum Gasteiger partial charge on any atom is -0.412 e. The summed E-state index contributed by atoms with van der Waals surface area (Å²) in [5.74, 6) is 0. The molecule has 0 aromatic heterocycles. The lowest BCUT2D eigenvalue weighted by Crippen LogP contribution is -1.80. The summed E-state index contributed by atoms with van der Waals surface area (Å²) in [7, 11) is 0. The van der Waals surface area contributed by atoms with Crippen molar-refractivity contribution in [2.24, 2.45) is 0 Å². The molecule has 0 heterocycles. The summed E-state index contributed by atoms with van der Waals surface area (Å²) in [5, 5.41) is 0. The molecule has 0 amide bonds. The van der Waals surface area contributed by atoms with Crippen LogP contribution < -0.4 is 5.73 Å². The van der Waals surface area contributed by atoms with Gasteiger partial charge in [-0.25, -0.2) is 0 Å². The highest BCUT2D eigenvalue weighted by Gasteiger charge is 1.81. The van der Waals surface area contributed by atoms with Crippen molar-refractivity contribution in [2.75, 3.05) is 5.73 Å². The van der Waals surface area contributed by atoms with E-state index >= 15 is 0 Å². The van der Waals surface area contributed by atoms with Crippen LogP contribution in [0.3, 0.4) is 0 Å². The Morgan fingerprint density at radius 2 is 1.33 bits per heavy atom. The van der Waals surface area contributed by atoms with Crippen molar-refractivity contribution in [3.8, 4) is 0 Å². The van der Waals surface area contributed by atoms with E-state index in [1.165, 1.54) is 0 Å². The molecule has 12 heavy (non-hydrogen) atoms. The summed E-state index contributed by atoms with van der Waals surface area (Å²) < 4.78 is 0. The molecule has 4 heteroatoms. The van der Waals surface area contributed by atoms with Gasteiger partial charge in [0.05, 0.1) is 0 Å². The summed E-state index contributed by atoms with van der Waals surface area (Å²) >= 11 is 4.08. The molecule has 1 rings (SSSR count). The van der Waals surface area contributed by atoms with E-state index < -0.39 is 0 Å². The molecule has 0 aliphatic carbocycles. The average molecular weight is 191 g/mol. The van der Waals surface area contributed by atoms with Gasteiger partial charge >= 0.3 is 0 Å². The van der Waals surface area contributed by atoms with Crippen LogP contribution >= 0.6 is 12.6 Å². The highest BCUT2D eigenvalue weighted by Crippen LogP contribution is 2.07. The van der Waals surface area contributed by atoms with Crippen LogP contribution in [0.1, 0.15) is 13.8 Å². The van der Waals surface area contributed by atoms with Gasteiger partial charge in [0.1, 0.15) is 0 Å². The van der Waals surface area contributed by atoms with Gasteiger partial charge in [-0.1, -0.05) is 13.8 Å². The smallest absolute Gasteiger partial charge is 0.0314 e. The van der Waals surface area contributed by atoms with Gasteiger partial charge in [0.25, 0.3) is 0 Å². The van der Waals surface area contributed by atoms with E-state index in [0.29, 0.717) is 0 Å². The maximum atomic E-state index is 5.39. The van der Waals surface area contributed by atoms with Crippen LogP contribution in [0.4, 0.5) is 5.69 Å². The van der Waals surface area contributed by atoms with Crippen LogP contribution in [0.15, 0.2) is 29.2 Å². The third-order valence-electron chi connectivity index (χ3n) is 0.893. The molecule has 72 valence electrons. The molecule has 0 saturated carbocycles. The topological polar surface area (TPSA) is 89.0 Å². The lowest BCUT2D eigenvalue weighted by Gasteiger charge is -1.89. The number of nitrogen functional groups attached to an aromatic ring is 1. The number of nitrogens with two attached hydrogens (primary N) is 1. The van der Waals surface area contributed by atoms with Crippen molar-refractivity contribution in [1.29, 1.82) is 0 Å². The zero-order chi connectivity index (χ0) is 7.98. The first-order chi connectivity index (χ1) is 4.79. The molecule has 0 saturated heterocycles. The molecule has 0 aliphatic rings. The Labute approximate surface area is 78.6 Å². The minimum atomic E-state index is 0. The summed E-state index contributed by atoms with van der Waals surface area (Å²) in [6, 6.07) is 7.36. The van der Waals surface area contributed by atoms with Crippen molar-refractivity contribution in [1.82, 2.24) is 0 Å². The predicted octanol–water partition coefficient (Wildman–Crippen LogP) is 0.934. The third kappa shape index (κ3) is 7.40. The van der Waals surface area contributed by atoms with Crippen molar-refractivity contribution in [3.63, 3.8) is 0 Å². The molecule has 1 aromatic rings. The Morgan fingerprint density at radius 1 is 1.00 bits per heavy atom. The summed E-state index contributed by atoms with van der Waals surface area (Å²) in [6.45, 7) is 4.00. The fraction of sp³-hybridized carbons (Fsp3) is 0.250. The lowest BCUT2D eigenvalue weighted by molar-refractivity contribution is 0.823. The van der Waals surface area contributed by atoms with Crippen LogP contribution in [0.2, 0.25) is 0 Å². The van der Waals surface area contributed by atoms with E-state index in [0.717, 1.165) is 10.6 Å². The molecule has 0 bridgehead atoms. The van der Waals surface area contributed by atoms with E-state index in [-0.39, 0.29) is 11.0 Å². The highest BCUT2D eigenvalue weighted by molar-refractivity contribution is 7.80. The SMILES string of the molecule is CC.Nc1ccc(S)cc1.O.O. The number of benzene rings is 1. The first kappa shape index (κ1) is 17.4. The third-order valence-corrected chi connectivity index (χ3v) is 1.19. The van der Waals surface area contributed by atoms with Crippen molar-refractivity contribution < 1.29 is 11.0 Å². The van der Waals surface area contributed by atoms with Crippen LogP contribution in [0.25, 0.3) is 0 Å². The molecule has 0 spiro atoms. The molecule has 0 radical (unpaired) electrons. The van der Waals surface area contributed by atoms with Gasteiger partial charge in [0, 0.05) is 10.6 Å². The zero-order valence-corrected chi connectivity index (χ0v) is 8.23. The standard InChI is InChI=1S/C6H7NS.C2H6.2H2O/c7-5-1-3-6(8)4-2-5;1-2;;/h1-4,8H,7H2;1-2H3;2*1H2. The molecular formula is C8H17NO2S. The number of thiol groups is 1. The Hall–Kier alpha value is -0.710. The van der Waals surface area contributed by atoms with E-state index in [4.69, 9.17) is 5.73 Å². The Bertz CT molecular complexity index is 156. The molecule has 0 unspecified atom stereocenters. The molecule has 1 aromatic carbocycles. The largest absolute Gasteiger partial charge is 0.412 e. The van der Waals surface area contributed by atoms with Crippen LogP contribution in [0.5, 0.6) is 0 Å². The van der Waals surface area contributed by atoms with E-state index in [1.807, 2.05) is 38.1 Å². The first-order valence-electron chi connectivity index (χ1n) is 3.33. The van der Waals surface area contributed by atoms with Gasteiger partial charge in [-0.05, 0) is 24.3 Å². The van der Waals surface area contributed by atoms with Gasteiger partial charge in [-0.3, -0.25) is 0 Å². The monoisotopic (exact) mass is 191 g/mol. The predicted molar refractivity (Wildman–Crippen MR) is 56.7 cm³/mol. The first-order valence-corrected chi connectivity index (χ1v) is 3.78. The van der Waals surface area contributed by atoms with E-state index in [2.05, 4.69) is 12.6 Å². The normalized spacial score (nSPS) is 6.58. The fourth-order valence-corrected chi connectivity index (χ4v) is 0.623. The van der Waals surface area contributed by atoms with Crippen LogP contribution in [0, 0.1) is 0 Å². The second kappa shape index (κ2) is 10.3. The Kier molecular flexibility index (Phi) is 14.9. The maximum Gasteiger partial charge on any atom is 0.0314 e. The molecule has 6 N–H and O–H groups in total. The maximum absolute atomic E-state index is 5.39. The second-order valence-electron chi connectivity index (χ2n) is 1.59. The minimum absolute atomic E-state index is 0. The summed E-state index contributed by atoms with van der Waals surface area (Å²) in [5.41, 5.74) is 6.17. The molecule has 0 aliphatic heterocycles. The van der Waals surface area contributed by atoms with E-state index in [1.54, 1.807) is 0 Å². The number of rotatable bonds is 0. The summed E-state index contributed by atoms with van der Waals surface area (Å²) in [6.07, 6.45) is 0. The highest BCUT2D eigenvalue weighted by atomic mass is 32.1. The number of hydrogen-bond donors (Lipinski definition) is 2. The van der Waals surface area contributed by atoms with Gasteiger partial charge in [0.2, 0.25) is 0 Å². The fourth-order valence-electron chi connectivity index (χ4n) is 0.474. The van der Waals surface area contributed by atoms with Gasteiger partial charge in [-0.2, -0.15) is 0 Å². The van der Waals surface area contributed by atoms with Crippen LogP contribution in [-0.2, 0) is 0 Å². The molecular weight excluding hydrogens is 174 g/mol. The quantitative estimate of drug-likeness (QED) is 0.463. The van der Waals surface area contributed by atoms with E-state index in [9.17, 15) is 0 Å². The van der Waals surface area contributed by atoms with Crippen molar-refractivity contribution in [3.05, 3.63) is 24.3 Å². The number of anilines is 1. The zero-order valence-electron chi connectivity index (χ0n) is 7.33. The number of hydrogen-bond acceptors (Lipinski definition) is 2. The van der Waals surface area contributed by atoms with Gasteiger partial charge < -0.3 is 16.7 Å². The van der Waals surface area contributed by atoms with Crippen LogP contribution in [-0.4, -0.2) is 11.0 Å². The van der Waals surface area contributed by atoms with Crippen molar-refractivity contribution >= 4 is 18.3 Å². The second-order valence-corrected chi connectivity index (χ2v) is 2.11. The Balaban J connectivity index is -0.000000189. The average Bonchev–Trinajstić information content (AvgIpc) is 2.00. The van der Waals surface area contributed by atoms with Gasteiger partial charge in [-0.15, -0.1) is 12.6 Å². The summed E-state index contributed by atoms with van der Waals surface area (Å²) in [4.78, 5) is 0.944. The Morgan fingerprint density at radius 3 is 1.58 bits per heavy atom. The molecule has 0 fully saturated rings. The van der Waals surface area contributed by atoms with Crippen molar-refractivity contribution in [2.45, 2.75) is 18.7 Å².